The predicted octanol–water partition coefficient (Wildman–Crippen LogP) is 4.67. The minimum atomic E-state index is 0.257. The third kappa shape index (κ3) is 4.01. The molecule has 1 N–H and O–H groups in total. The van der Waals surface area contributed by atoms with Crippen molar-refractivity contribution >= 4 is 17.5 Å². The van der Waals surface area contributed by atoms with Gasteiger partial charge in [-0.3, -0.25) is 0 Å². The fraction of sp³-hybridized carbons (Fsp3) is 0.273. The van der Waals surface area contributed by atoms with Gasteiger partial charge in [-0.25, -0.2) is 4.98 Å². The molecule has 0 amide bonds. The highest BCUT2D eigenvalue weighted by Gasteiger charge is 2.16. The van der Waals surface area contributed by atoms with E-state index in [-0.39, 0.29) is 6.79 Å². The summed E-state index contributed by atoms with van der Waals surface area (Å²) < 4.78 is 10.8. The Morgan fingerprint density at radius 2 is 1.79 bits per heavy atom. The summed E-state index contributed by atoms with van der Waals surface area (Å²) in [6.45, 7) is 7.37. The highest BCUT2D eigenvalue weighted by atomic mass is 16.7. The Balaban J connectivity index is 1.60. The van der Waals surface area contributed by atoms with Crippen LogP contribution in [0.25, 0.3) is 0 Å². The molecule has 0 saturated heterocycles. The van der Waals surface area contributed by atoms with Gasteiger partial charge in [0.15, 0.2) is 11.5 Å². The van der Waals surface area contributed by atoms with Crippen LogP contribution in [-0.4, -0.2) is 22.8 Å². The van der Waals surface area contributed by atoms with Gasteiger partial charge in [0.25, 0.3) is 0 Å². The van der Waals surface area contributed by atoms with Gasteiger partial charge >= 0.3 is 0 Å². The van der Waals surface area contributed by atoms with Crippen molar-refractivity contribution in [3.05, 3.63) is 65.9 Å². The molecule has 144 valence electrons. The average molecular weight is 376 g/mol. The van der Waals surface area contributed by atoms with Crippen LogP contribution in [0.3, 0.4) is 0 Å². The highest BCUT2D eigenvalue weighted by Crippen LogP contribution is 2.35. The fourth-order valence-electron chi connectivity index (χ4n) is 3.17. The molecule has 28 heavy (non-hydrogen) atoms. The number of fused-ring (bicyclic) bond motifs is 1. The largest absolute Gasteiger partial charge is 0.454 e. The lowest BCUT2D eigenvalue weighted by molar-refractivity contribution is 0.174. The van der Waals surface area contributed by atoms with Gasteiger partial charge in [-0.1, -0.05) is 30.3 Å². The van der Waals surface area contributed by atoms with Crippen molar-refractivity contribution in [3.8, 4) is 11.5 Å². The molecule has 0 fully saturated rings. The summed E-state index contributed by atoms with van der Waals surface area (Å²) in [6, 6.07) is 18.5. The standard InChI is InChI=1S/C22H24N4O2/c1-15(2)26(13-17-7-5-4-6-8-17)21-11-16(3)23-22(25-21)24-18-9-10-19-20(12-18)28-14-27-19/h4-12,15H,13-14H2,1-3H3,(H,23,24,25). The van der Waals surface area contributed by atoms with Crippen LogP contribution in [0.4, 0.5) is 17.5 Å². The van der Waals surface area contributed by atoms with Gasteiger partial charge in [-0.2, -0.15) is 4.98 Å². The number of anilines is 3. The van der Waals surface area contributed by atoms with Crippen LogP contribution in [0.1, 0.15) is 25.1 Å². The summed E-state index contributed by atoms with van der Waals surface area (Å²) in [7, 11) is 0. The van der Waals surface area contributed by atoms with Gasteiger partial charge < -0.3 is 19.7 Å². The van der Waals surface area contributed by atoms with Crippen molar-refractivity contribution in [2.24, 2.45) is 0 Å². The minimum Gasteiger partial charge on any atom is -0.454 e. The Morgan fingerprint density at radius 1 is 1.00 bits per heavy atom. The second-order valence-corrected chi connectivity index (χ2v) is 7.09. The molecule has 0 spiro atoms. The zero-order chi connectivity index (χ0) is 19.5. The number of aromatic nitrogens is 2. The van der Waals surface area contributed by atoms with E-state index in [1.807, 2.05) is 37.3 Å². The van der Waals surface area contributed by atoms with E-state index in [2.05, 4.69) is 53.3 Å². The van der Waals surface area contributed by atoms with E-state index in [0.717, 1.165) is 35.2 Å². The lowest BCUT2D eigenvalue weighted by Gasteiger charge is -2.28. The Hall–Kier alpha value is -3.28. The van der Waals surface area contributed by atoms with Crippen LogP contribution in [-0.2, 0) is 6.54 Å². The van der Waals surface area contributed by atoms with Gasteiger partial charge in [0, 0.05) is 36.1 Å². The van der Waals surface area contributed by atoms with Crippen molar-refractivity contribution in [2.75, 3.05) is 17.0 Å². The minimum absolute atomic E-state index is 0.257. The van der Waals surface area contributed by atoms with Crippen molar-refractivity contribution in [3.63, 3.8) is 0 Å². The normalized spacial score (nSPS) is 12.3. The first-order valence-corrected chi connectivity index (χ1v) is 9.41. The molecule has 0 radical (unpaired) electrons. The maximum Gasteiger partial charge on any atom is 0.231 e. The molecular weight excluding hydrogens is 352 g/mol. The van der Waals surface area contributed by atoms with E-state index in [9.17, 15) is 0 Å². The number of rotatable bonds is 6. The van der Waals surface area contributed by atoms with Crippen LogP contribution in [0.5, 0.6) is 11.5 Å². The summed E-state index contributed by atoms with van der Waals surface area (Å²) in [5.41, 5.74) is 3.02. The summed E-state index contributed by atoms with van der Waals surface area (Å²) >= 11 is 0. The molecule has 2 aromatic carbocycles. The van der Waals surface area contributed by atoms with Crippen molar-refractivity contribution < 1.29 is 9.47 Å². The molecule has 6 heteroatoms. The number of ether oxygens (including phenoxy) is 2. The zero-order valence-electron chi connectivity index (χ0n) is 16.3. The van der Waals surface area contributed by atoms with Crippen LogP contribution >= 0.6 is 0 Å². The molecule has 0 saturated carbocycles. The van der Waals surface area contributed by atoms with E-state index < -0.39 is 0 Å². The van der Waals surface area contributed by atoms with E-state index in [1.54, 1.807) is 0 Å². The second-order valence-electron chi connectivity index (χ2n) is 7.09. The van der Waals surface area contributed by atoms with Crippen molar-refractivity contribution in [2.45, 2.75) is 33.4 Å². The molecule has 2 heterocycles. The average Bonchev–Trinajstić information content (AvgIpc) is 3.14. The lowest BCUT2D eigenvalue weighted by Crippen LogP contribution is -2.31. The molecule has 6 nitrogen and oxygen atoms in total. The summed E-state index contributed by atoms with van der Waals surface area (Å²) in [6.07, 6.45) is 0. The van der Waals surface area contributed by atoms with Gasteiger partial charge in [0.2, 0.25) is 12.7 Å². The number of hydrogen-bond acceptors (Lipinski definition) is 6. The summed E-state index contributed by atoms with van der Waals surface area (Å²) in [5.74, 6) is 2.94. The molecule has 0 atom stereocenters. The molecule has 1 aromatic heterocycles. The number of nitrogens with zero attached hydrogens (tertiary/aromatic N) is 3. The van der Waals surface area contributed by atoms with Crippen LogP contribution in [0.15, 0.2) is 54.6 Å². The van der Waals surface area contributed by atoms with E-state index in [1.165, 1.54) is 5.56 Å². The smallest absolute Gasteiger partial charge is 0.231 e. The second kappa shape index (κ2) is 7.76. The molecule has 1 aliphatic rings. The topological polar surface area (TPSA) is 59.5 Å². The SMILES string of the molecule is Cc1cc(N(Cc2ccccc2)C(C)C)nc(Nc2ccc3c(c2)OCO3)n1. The van der Waals surface area contributed by atoms with Crippen LogP contribution < -0.4 is 19.7 Å². The molecule has 0 aliphatic carbocycles. The summed E-state index contributed by atoms with van der Waals surface area (Å²) in [5, 5.41) is 3.29. The van der Waals surface area contributed by atoms with Gasteiger partial charge in [0.05, 0.1) is 0 Å². The van der Waals surface area contributed by atoms with E-state index in [4.69, 9.17) is 14.5 Å². The number of nitrogens with one attached hydrogen (secondary N) is 1. The first kappa shape index (κ1) is 18.1. The van der Waals surface area contributed by atoms with Gasteiger partial charge in [-0.15, -0.1) is 0 Å². The quantitative estimate of drug-likeness (QED) is 0.674. The highest BCUT2D eigenvalue weighted by molar-refractivity contribution is 5.61. The van der Waals surface area contributed by atoms with Crippen LogP contribution in [0, 0.1) is 6.92 Å². The maximum atomic E-state index is 5.45. The molecule has 3 aromatic rings. The first-order chi connectivity index (χ1) is 13.6. The monoisotopic (exact) mass is 376 g/mol. The Morgan fingerprint density at radius 3 is 2.57 bits per heavy atom. The van der Waals surface area contributed by atoms with Crippen molar-refractivity contribution in [1.82, 2.24) is 9.97 Å². The number of benzene rings is 2. The Kier molecular flexibility index (Phi) is 5.02. The fourth-order valence-corrected chi connectivity index (χ4v) is 3.17. The van der Waals surface area contributed by atoms with Gasteiger partial charge in [-0.05, 0) is 38.5 Å². The first-order valence-electron chi connectivity index (χ1n) is 9.41. The number of aryl methyl sites for hydroxylation is 1. The molecular formula is C22H24N4O2. The Labute approximate surface area is 165 Å². The van der Waals surface area contributed by atoms with Gasteiger partial charge in [0.1, 0.15) is 5.82 Å². The number of hydrogen-bond donors (Lipinski definition) is 1. The van der Waals surface area contributed by atoms with E-state index in [0.29, 0.717) is 12.0 Å². The molecule has 0 bridgehead atoms. The molecule has 0 unspecified atom stereocenters. The van der Waals surface area contributed by atoms with Crippen LogP contribution in [0.2, 0.25) is 0 Å². The molecule has 4 rings (SSSR count). The zero-order valence-corrected chi connectivity index (χ0v) is 16.3. The third-order valence-corrected chi connectivity index (χ3v) is 4.58. The molecule has 1 aliphatic heterocycles. The van der Waals surface area contributed by atoms with E-state index >= 15 is 0 Å². The Bertz CT molecular complexity index is 960. The van der Waals surface area contributed by atoms with Crippen molar-refractivity contribution in [1.29, 1.82) is 0 Å². The third-order valence-electron chi connectivity index (χ3n) is 4.58. The lowest BCUT2D eigenvalue weighted by atomic mass is 10.2. The predicted molar refractivity (Wildman–Crippen MR) is 110 cm³/mol. The maximum absolute atomic E-state index is 5.45. The summed E-state index contributed by atoms with van der Waals surface area (Å²) in [4.78, 5) is 11.6.